The van der Waals surface area contributed by atoms with Gasteiger partial charge in [-0.3, -0.25) is 4.79 Å². The Morgan fingerprint density at radius 2 is 1.85 bits per heavy atom. The Hall–Kier alpha value is -2.10. The van der Waals surface area contributed by atoms with Crippen molar-refractivity contribution in [1.29, 1.82) is 0 Å². The summed E-state index contributed by atoms with van der Waals surface area (Å²) >= 11 is 0. The Balaban J connectivity index is 0.00000261. The minimum absolute atomic E-state index is 0. The van der Waals surface area contributed by atoms with Crippen molar-refractivity contribution in [2.24, 2.45) is 4.99 Å². The van der Waals surface area contributed by atoms with Gasteiger partial charge in [-0.1, -0.05) is 18.2 Å². The van der Waals surface area contributed by atoms with Crippen LogP contribution in [0.3, 0.4) is 0 Å². The van der Waals surface area contributed by atoms with Crippen LogP contribution in [0.2, 0.25) is 0 Å². The van der Waals surface area contributed by atoms with Crippen molar-refractivity contribution in [3.8, 4) is 11.5 Å². The normalized spacial score (nSPS) is 14.7. The Morgan fingerprint density at radius 1 is 1.19 bits per heavy atom. The van der Waals surface area contributed by atoms with E-state index in [1.165, 1.54) is 0 Å². The molecule has 2 aromatic rings. The maximum atomic E-state index is 11.5. The summed E-state index contributed by atoms with van der Waals surface area (Å²) in [6, 6.07) is 9.82. The highest BCUT2D eigenvalue weighted by Gasteiger charge is 2.20. The molecule has 0 aliphatic carbocycles. The molecule has 3 rings (SSSR count). The molecule has 27 heavy (non-hydrogen) atoms. The molecule has 0 bridgehead atoms. The van der Waals surface area contributed by atoms with E-state index in [0.29, 0.717) is 12.4 Å². The number of oxazole rings is 1. The van der Waals surface area contributed by atoms with Crippen LogP contribution in [0.5, 0.6) is 0 Å². The molecule has 1 aliphatic rings. The Kier molecular flexibility index (Phi) is 8.08. The first-order valence-electron chi connectivity index (χ1n) is 8.96. The predicted molar refractivity (Wildman–Crippen MR) is 116 cm³/mol. The number of halogens is 1. The monoisotopic (exact) mass is 483 g/mol. The number of nitrogens with zero attached hydrogens (tertiary/aromatic N) is 4. The Morgan fingerprint density at radius 3 is 2.48 bits per heavy atom. The van der Waals surface area contributed by atoms with E-state index in [4.69, 9.17) is 4.42 Å². The lowest BCUT2D eigenvalue weighted by atomic mass is 10.2. The van der Waals surface area contributed by atoms with Crippen LogP contribution in [-0.4, -0.2) is 59.4 Å². The Labute approximate surface area is 176 Å². The summed E-state index contributed by atoms with van der Waals surface area (Å²) in [6.07, 6.45) is 1.66. The average Bonchev–Trinajstić information content (AvgIpc) is 3.15. The summed E-state index contributed by atoms with van der Waals surface area (Å²) in [5.74, 6) is 1.58. The fourth-order valence-corrected chi connectivity index (χ4v) is 2.91. The molecule has 2 heterocycles. The highest BCUT2D eigenvalue weighted by molar-refractivity contribution is 14.0. The summed E-state index contributed by atoms with van der Waals surface area (Å²) in [5.41, 5.74) is 1.75. The van der Waals surface area contributed by atoms with E-state index < -0.39 is 0 Å². The van der Waals surface area contributed by atoms with Crippen LogP contribution < -0.4 is 5.32 Å². The second-order valence-corrected chi connectivity index (χ2v) is 6.17. The molecule has 0 atom stereocenters. The SMILES string of the molecule is CCNC(=NCc1coc(-c2ccccc2)n1)N1CCN(C(C)=O)CC1.I. The number of amides is 1. The number of aromatic nitrogens is 1. The molecule has 1 N–H and O–H groups in total. The highest BCUT2D eigenvalue weighted by atomic mass is 127. The highest BCUT2D eigenvalue weighted by Crippen LogP contribution is 2.18. The van der Waals surface area contributed by atoms with Crippen molar-refractivity contribution in [3.05, 3.63) is 42.3 Å². The van der Waals surface area contributed by atoms with Gasteiger partial charge in [-0.25, -0.2) is 9.98 Å². The maximum absolute atomic E-state index is 11.5. The molecule has 146 valence electrons. The van der Waals surface area contributed by atoms with Crippen LogP contribution in [0.25, 0.3) is 11.5 Å². The van der Waals surface area contributed by atoms with Gasteiger partial charge in [0, 0.05) is 45.2 Å². The van der Waals surface area contributed by atoms with Crippen LogP contribution >= 0.6 is 24.0 Å². The van der Waals surface area contributed by atoms with E-state index in [1.54, 1.807) is 13.2 Å². The summed E-state index contributed by atoms with van der Waals surface area (Å²) in [5, 5.41) is 3.32. The van der Waals surface area contributed by atoms with E-state index in [9.17, 15) is 4.79 Å². The lowest BCUT2D eigenvalue weighted by Gasteiger charge is -2.36. The molecule has 1 amide bonds. The second kappa shape index (κ2) is 10.3. The van der Waals surface area contributed by atoms with Crippen molar-refractivity contribution in [2.45, 2.75) is 20.4 Å². The molecule has 0 spiro atoms. The maximum Gasteiger partial charge on any atom is 0.226 e. The number of guanidine groups is 1. The van der Waals surface area contributed by atoms with Crippen molar-refractivity contribution < 1.29 is 9.21 Å². The zero-order chi connectivity index (χ0) is 18.4. The van der Waals surface area contributed by atoms with Gasteiger partial charge in [0.25, 0.3) is 0 Å². The molecule has 8 heteroatoms. The van der Waals surface area contributed by atoms with Gasteiger partial charge in [-0.2, -0.15) is 0 Å². The van der Waals surface area contributed by atoms with E-state index in [0.717, 1.165) is 49.9 Å². The van der Waals surface area contributed by atoms with Crippen molar-refractivity contribution >= 4 is 35.8 Å². The topological polar surface area (TPSA) is 74.0 Å². The van der Waals surface area contributed by atoms with Gasteiger partial charge in [0.1, 0.15) is 12.0 Å². The molecule has 0 radical (unpaired) electrons. The minimum atomic E-state index is 0. The van der Waals surface area contributed by atoms with Crippen molar-refractivity contribution in [1.82, 2.24) is 20.1 Å². The first-order valence-corrected chi connectivity index (χ1v) is 8.96. The molecule has 7 nitrogen and oxygen atoms in total. The molecular weight excluding hydrogens is 457 g/mol. The van der Waals surface area contributed by atoms with Crippen LogP contribution in [-0.2, 0) is 11.3 Å². The molecular formula is C19H26IN5O2. The lowest BCUT2D eigenvalue weighted by Crippen LogP contribution is -2.53. The van der Waals surface area contributed by atoms with Gasteiger partial charge in [0.15, 0.2) is 5.96 Å². The van der Waals surface area contributed by atoms with E-state index in [1.807, 2.05) is 42.2 Å². The smallest absolute Gasteiger partial charge is 0.226 e. The fraction of sp³-hybridized carbons (Fsp3) is 0.421. The summed E-state index contributed by atoms with van der Waals surface area (Å²) in [7, 11) is 0. The third-order valence-electron chi connectivity index (χ3n) is 4.32. The largest absolute Gasteiger partial charge is 0.444 e. The summed E-state index contributed by atoms with van der Waals surface area (Å²) < 4.78 is 5.57. The summed E-state index contributed by atoms with van der Waals surface area (Å²) in [6.45, 7) is 7.91. The molecule has 1 aliphatic heterocycles. The fourth-order valence-electron chi connectivity index (χ4n) is 2.91. The van der Waals surface area contributed by atoms with Gasteiger partial charge in [-0.05, 0) is 19.1 Å². The standard InChI is InChI=1S/C19H25N5O2.HI/c1-3-20-19(24-11-9-23(10-12-24)15(2)25)21-13-17-14-26-18(22-17)16-7-5-4-6-8-16;/h4-8,14H,3,9-13H2,1-2H3,(H,20,21);1H. The first-order chi connectivity index (χ1) is 12.7. The van der Waals surface area contributed by atoms with Crippen LogP contribution in [0.1, 0.15) is 19.5 Å². The predicted octanol–water partition coefficient (Wildman–Crippen LogP) is 2.59. The van der Waals surface area contributed by atoms with Crippen molar-refractivity contribution in [3.63, 3.8) is 0 Å². The van der Waals surface area contributed by atoms with Gasteiger partial charge in [-0.15, -0.1) is 24.0 Å². The van der Waals surface area contributed by atoms with Gasteiger partial charge < -0.3 is 19.5 Å². The zero-order valence-electron chi connectivity index (χ0n) is 15.7. The number of hydrogen-bond acceptors (Lipinski definition) is 4. The average molecular weight is 483 g/mol. The number of benzene rings is 1. The Bertz CT molecular complexity index is 754. The first kappa shape index (κ1) is 21.2. The molecule has 0 unspecified atom stereocenters. The van der Waals surface area contributed by atoms with E-state index >= 15 is 0 Å². The van der Waals surface area contributed by atoms with E-state index in [-0.39, 0.29) is 29.9 Å². The van der Waals surface area contributed by atoms with Crippen LogP contribution in [0, 0.1) is 0 Å². The molecule has 1 aromatic heterocycles. The number of nitrogens with one attached hydrogen (secondary N) is 1. The van der Waals surface area contributed by atoms with Crippen LogP contribution in [0.4, 0.5) is 0 Å². The molecule has 0 saturated carbocycles. The number of hydrogen-bond donors (Lipinski definition) is 1. The molecule has 1 saturated heterocycles. The number of carbonyl (C=O) groups excluding carboxylic acids is 1. The third-order valence-corrected chi connectivity index (χ3v) is 4.32. The number of carbonyl (C=O) groups is 1. The van der Waals surface area contributed by atoms with Gasteiger partial charge >= 0.3 is 0 Å². The number of rotatable bonds is 4. The quantitative estimate of drug-likeness (QED) is 0.411. The lowest BCUT2D eigenvalue weighted by molar-refractivity contribution is -0.130. The van der Waals surface area contributed by atoms with Gasteiger partial charge in [0.2, 0.25) is 11.8 Å². The van der Waals surface area contributed by atoms with Crippen LogP contribution in [0.15, 0.2) is 46.0 Å². The second-order valence-electron chi connectivity index (χ2n) is 6.17. The molecule has 1 fully saturated rings. The summed E-state index contributed by atoms with van der Waals surface area (Å²) in [4.78, 5) is 24.7. The third kappa shape index (κ3) is 5.69. The number of aliphatic imine (C=N–C) groups is 1. The van der Waals surface area contributed by atoms with Gasteiger partial charge in [0.05, 0.1) is 6.54 Å². The van der Waals surface area contributed by atoms with Crippen molar-refractivity contribution in [2.75, 3.05) is 32.7 Å². The molecule has 1 aromatic carbocycles. The minimum Gasteiger partial charge on any atom is -0.444 e. The van der Waals surface area contributed by atoms with E-state index in [2.05, 4.69) is 20.2 Å². The zero-order valence-corrected chi connectivity index (χ0v) is 18.1. The number of piperazine rings is 1.